The van der Waals surface area contributed by atoms with Crippen molar-refractivity contribution in [2.75, 3.05) is 12.4 Å². The van der Waals surface area contributed by atoms with Gasteiger partial charge in [0.2, 0.25) is 5.95 Å². The van der Waals surface area contributed by atoms with E-state index in [1.54, 1.807) is 11.8 Å². The first-order chi connectivity index (χ1) is 11.7. The lowest BCUT2D eigenvalue weighted by Gasteiger charge is -2.23. The zero-order valence-electron chi connectivity index (χ0n) is 13.5. The third-order valence-electron chi connectivity index (χ3n) is 4.15. The fraction of sp³-hybridized carbons (Fsp3) is 0.167. The molecule has 24 heavy (non-hydrogen) atoms. The number of methoxy groups -OCH3 is 1. The SMILES string of the molecule is COc1ccc(C2C=C(c3ccc(C)cc3)Nc3nnnn32)cc1. The lowest BCUT2D eigenvalue weighted by Crippen LogP contribution is -2.20. The molecule has 120 valence electrons. The van der Waals surface area contributed by atoms with Crippen LogP contribution in [0, 0.1) is 6.92 Å². The van der Waals surface area contributed by atoms with Crippen molar-refractivity contribution in [3.8, 4) is 5.75 Å². The molecule has 1 aliphatic rings. The molecule has 1 atom stereocenters. The van der Waals surface area contributed by atoms with Crippen molar-refractivity contribution in [2.45, 2.75) is 13.0 Å². The van der Waals surface area contributed by atoms with E-state index in [2.05, 4.69) is 58.1 Å². The highest BCUT2D eigenvalue weighted by molar-refractivity contribution is 5.77. The molecule has 0 amide bonds. The van der Waals surface area contributed by atoms with E-state index in [0.717, 1.165) is 22.6 Å². The van der Waals surface area contributed by atoms with Crippen molar-refractivity contribution in [1.82, 2.24) is 20.2 Å². The maximum Gasteiger partial charge on any atom is 0.248 e. The third kappa shape index (κ3) is 2.52. The van der Waals surface area contributed by atoms with E-state index >= 15 is 0 Å². The number of aryl methyl sites for hydroxylation is 1. The summed E-state index contributed by atoms with van der Waals surface area (Å²) in [5.74, 6) is 1.46. The fourth-order valence-corrected chi connectivity index (χ4v) is 2.79. The number of ether oxygens (including phenoxy) is 1. The van der Waals surface area contributed by atoms with Gasteiger partial charge in [-0.1, -0.05) is 47.1 Å². The van der Waals surface area contributed by atoms with E-state index in [1.165, 1.54) is 5.56 Å². The Morgan fingerprint density at radius 2 is 1.79 bits per heavy atom. The summed E-state index contributed by atoms with van der Waals surface area (Å²) in [5, 5.41) is 15.3. The Kier molecular flexibility index (Phi) is 3.49. The van der Waals surface area contributed by atoms with Crippen LogP contribution in [-0.4, -0.2) is 27.3 Å². The van der Waals surface area contributed by atoms with Crippen LogP contribution in [0.15, 0.2) is 54.6 Å². The second-order valence-corrected chi connectivity index (χ2v) is 5.74. The van der Waals surface area contributed by atoms with Gasteiger partial charge in [-0.25, -0.2) is 0 Å². The minimum absolute atomic E-state index is 0.0709. The number of allylic oxidation sites excluding steroid dienone is 1. The molecule has 0 bridgehead atoms. The molecule has 1 aromatic heterocycles. The first-order valence-corrected chi connectivity index (χ1v) is 7.72. The second-order valence-electron chi connectivity index (χ2n) is 5.74. The van der Waals surface area contributed by atoms with Gasteiger partial charge in [0.1, 0.15) is 11.8 Å². The zero-order valence-corrected chi connectivity index (χ0v) is 13.5. The maximum absolute atomic E-state index is 5.24. The number of tetrazole rings is 1. The van der Waals surface area contributed by atoms with Crippen molar-refractivity contribution in [3.63, 3.8) is 0 Å². The Morgan fingerprint density at radius 3 is 2.50 bits per heavy atom. The largest absolute Gasteiger partial charge is 0.497 e. The number of hydrogen-bond acceptors (Lipinski definition) is 5. The van der Waals surface area contributed by atoms with Gasteiger partial charge in [-0.3, -0.25) is 0 Å². The van der Waals surface area contributed by atoms with Crippen molar-refractivity contribution in [3.05, 3.63) is 71.3 Å². The number of anilines is 1. The second kappa shape index (κ2) is 5.81. The molecular formula is C18H17N5O. The summed E-state index contributed by atoms with van der Waals surface area (Å²) in [4.78, 5) is 0. The molecule has 0 fully saturated rings. The summed E-state index contributed by atoms with van der Waals surface area (Å²) in [6.07, 6.45) is 2.13. The molecule has 6 heteroatoms. The van der Waals surface area contributed by atoms with Crippen LogP contribution in [0.3, 0.4) is 0 Å². The average Bonchev–Trinajstić information content (AvgIpc) is 3.10. The quantitative estimate of drug-likeness (QED) is 0.804. The van der Waals surface area contributed by atoms with Gasteiger partial charge in [0.25, 0.3) is 0 Å². The first-order valence-electron chi connectivity index (χ1n) is 7.72. The Balaban J connectivity index is 1.77. The van der Waals surface area contributed by atoms with Crippen molar-refractivity contribution in [2.24, 2.45) is 0 Å². The van der Waals surface area contributed by atoms with Gasteiger partial charge in [-0.05, 0) is 46.7 Å². The van der Waals surface area contributed by atoms with Crippen LogP contribution in [-0.2, 0) is 0 Å². The summed E-state index contributed by atoms with van der Waals surface area (Å²) in [6.45, 7) is 2.08. The minimum atomic E-state index is -0.0709. The van der Waals surface area contributed by atoms with Crippen LogP contribution in [0.25, 0.3) is 5.70 Å². The molecular weight excluding hydrogens is 302 g/mol. The van der Waals surface area contributed by atoms with Crippen LogP contribution in [0.1, 0.15) is 22.7 Å². The average molecular weight is 319 g/mol. The number of benzene rings is 2. The van der Waals surface area contributed by atoms with Crippen LogP contribution in [0.5, 0.6) is 5.75 Å². The van der Waals surface area contributed by atoms with Crippen LogP contribution >= 0.6 is 0 Å². The predicted molar refractivity (Wildman–Crippen MR) is 91.7 cm³/mol. The molecule has 0 radical (unpaired) electrons. The Hall–Kier alpha value is -3.15. The van der Waals surface area contributed by atoms with Gasteiger partial charge in [0, 0.05) is 5.70 Å². The number of hydrogen-bond donors (Lipinski definition) is 1. The van der Waals surface area contributed by atoms with Gasteiger partial charge >= 0.3 is 0 Å². The third-order valence-corrected chi connectivity index (χ3v) is 4.15. The summed E-state index contributed by atoms with van der Waals surface area (Å²) in [7, 11) is 1.66. The number of nitrogens with one attached hydrogen (secondary N) is 1. The van der Waals surface area contributed by atoms with Gasteiger partial charge < -0.3 is 10.1 Å². The molecule has 6 nitrogen and oxygen atoms in total. The smallest absolute Gasteiger partial charge is 0.248 e. The van der Waals surface area contributed by atoms with E-state index in [0.29, 0.717) is 5.95 Å². The molecule has 4 rings (SSSR count). The zero-order chi connectivity index (χ0) is 16.5. The molecule has 2 heterocycles. The maximum atomic E-state index is 5.24. The molecule has 1 N–H and O–H groups in total. The summed E-state index contributed by atoms with van der Waals surface area (Å²) < 4.78 is 7.02. The van der Waals surface area contributed by atoms with E-state index in [4.69, 9.17) is 4.74 Å². The van der Waals surface area contributed by atoms with Crippen LogP contribution in [0.4, 0.5) is 5.95 Å². The van der Waals surface area contributed by atoms with Gasteiger partial charge in [0.05, 0.1) is 7.11 Å². The van der Waals surface area contributed by atoms with Gasteiger partial charge in [0.15, 0.2) is 0 Å². The monoisotopic (exact) mass is 319 g/mol. The standard InChI is InChI=1S/C18H17N5O/c1-12-3-5-13(6-4-12)16-11-17(23-18(19-16)20-21-22-23)14-7-9-15(24-2)10-8-14/h3-11,17H,1-2H3,(H,19,20,22). The molecule has 0 aliphatic carbocycles. The lowest BCUT2D eigenvalue weighted by atomic mass is 10.0. The Bertz CT molecular complexity index is 881. The highest BCUT2D eigenvalue weighted by atomic mass is 16.5. The highest BCUT2D eigenvalue weighted by Gasteiger charge is 2.24. The summed E-state index contributed by atoms with van der Waals surface area (Å²) >= 11 is 0. The normalized spacial score (nSPS) is 16.1. The summed E-state index contributed by atoms with van der Waals surface area (Å²) in [6, 6.07) is 16.3. The molecule has 0 saturated carbocycles. The van der Waals surface area contributed by atoms with E-state index in [1.807, 2.05) is 24.3 Å². The Morgan fingerprint density at radius 1 is 1.04 bits per heavy atom. The minimum Gasteiger partial charge on any atom is -0.497 e. The van der Waals surface area contributed by atoms with Crippen LogP contribution in [0.2, 0.25) is 0 Å². The van der Waals surface area contributed by atoms with Gasteiger partial charge in [-0.2, -0.15) is 4.68 Å². The number of fused-ring (bicyclic) bond motifs is 1. The Labute approximate surface area is 139 Å². The molecule has 0 spiro atoms. The number of nitrogens with zero attached hydrogens (tertiary/aromatic N) is 4. The molecule has 2 aromatic carbocycles. The van der Waals surface area contributed by atoms with Gasteiger partial charge in [-0.15, -0.1) is 0 Å². The lowest BCUT2D eigenvalue weighted by molar-refractivity contribution is 0.414. The molecule has 3 aromatic rings. The number of aromatic nitrogens is 4. The van der Waals surface area contributed by atoms with E-state index in [-0.39, 0.29) is 6.04 Å². The molecule has 1 aliphatic heterocycles. The fourth-order valence-electron chi connectivity index (χ4n) is 2.79. The van der Waals surface area contributed by atoms with Crippen LogP contribution < -0.4 is 10.1 Å². The molecule has 1 unspecified atom stereocenters. The first kappa shape index (κ1) is 14.4. The molecule has 0 saturated heterocycles. The van der Waals surface area contributed by atoms with E-state index < -0.39 is 0 Å². The van der Waals surface area contributed by atoms with Crippen molar-refractivity contribution in [1.29, 1.82) is 0 Å². The van der Waals surface area contributed by atoms with Crippen molar-refractivity contribution < 1.29 is 4.74 Å². The number of rotatable bonds is 3. The highest BCUT2D eigenvalue weighted by Crippen LogP contribution is 2.32. The van der Waals surface area contributed by atoms with Crippen molar-refractivity contribution >= 4 is 11.6 Å². The van der Waals surface area contributed by atoms with E-state index in [9.17, 15) is 0 Å². The summed E-state index contributed by atoms with van der Waals surface area (Å²) in [5.41, 5.74) is 4.42. The topological polar surface area (TPSA) is 64.9 Å². The predicted octanol–water partition coefficient (Wildman–Crippen LogP) is 3.05.